The number of rotatable bonds is 5. The van der Waals surface area contributed by atoms with E-state index in [-0.39, 0.29) is 12.3 Å². The lowest BCUT2D eigenvalue weighted by Crippen LogP contribution is -2.51. The third-order valence-electron chi connectivity index (χ3n) is 5.70. The highest BCUT2D eigenvalue weighted by molar-refractivity contribution is 6.09. The van der Waals surface area contributed by atoms with Gasteiger partial charge < -0.3 is 5.32 Å². The third-order valence-corrected chi connectivity index (χ3v) is 5.70. The van der Waals surface area contributed by atoms with Crippen LogP contribution in [0.5, 0.6) is 0 Å². The van der Waals surface area contributed by atoms with Gasteiger partial charge in [-0.3, -0.25) is 30.1 Å². The molecule has 1 aliphatic carbocycles. The molecule has 3 rings (SSSR count). The molecule has 3 N–H and O–H groups in total. The first-order valence-electron chi connectivity index (χ1n) is 9.79. The molecule has 2 fully saturated rings. The molecular formula is C20H25FN4O4. The van der Waals surface area contributed by atoms with Crippen LogP contribution in [0.15, 0.2) is 24.3 Å². The fourth-order valence-corrected chi connectivity index (χ4v) is 3.89. The van der Waals surface area contributed by atoms with Crippen molar-refractivity contribution in [2.24, 2.45) is 5.92 Å². The van der Waals surface area contributed by atoms with Gasteiger partial charge in [-0.2, -0.15) is 0 Å². The van der Waals surface area contributed by atoms with E-state index < -0.39 is 35.7 Å². The highest BCUT2D eigenvalue weighted by Crippen LogP contribution is 2.37. The molecule has 1 spiro atoms. The average Bonchev–Trinajstić information content (AvgIpc) is 2.93. The van der Waals surface area contributed by atoms with Crippen molar-refractivity contribution in [3.05, 3.63) is 35.6 Å². The summed E-state index contributed by atoms with van der Waals surface area (Å²) >= 11 is 0. The maximum Gasteiger partial charge on any atom is 0.325 e. The molecular weight excluding hydrogens is 379 g/mol. The van der Waals surface area contributed by atoms with E-state index in [1.165, 1.54) is 24.3 Å². The van der Waals surface area contributed by atoms with Crippen LogP contribution < -0.4 is 16.2 Å². The van der Waals surface area contributed by atoms with E-state index >= 15 is 0 Å². The molecule has 0 bridgehead atoms. The van der Waals surface area contributed by atoms with E-state index in [1.807, 2.05) is 0 Å². The quantitative estimate of drug-likeness (QED) is 0.509. The molecule has 1 saturated heterocycles. The van der Waals surface area contributed by atoms with Gasteiger partial charge in [0.25, 0.3) is 11.8 Å². The van der Waals surface area contributed by atoms with E-state index in [4.69, 9.17) is 0 Å². The van der Waals surface area contributed by atoms with Gasteiger partial charge >= 0.3 is 6.03 Å². The van der Waals surface area contributed by atoms with Crippen LogP contribution in [0.4, 0.5) is 9.18 Å². The monoisotopic (exact) mass is 404 g/mol. The Morgan fingerprint density at radius 1 is 1.14 bits per heavy atom. The van der Waals surface area contributed by atoms with Gasteiger partial charge in [0.2, 0.25) is 5.91 Å². The van der Waals surface area contributed by atoms with Gasteiger partial charge in [-0.05, 0) is 49.3 Å². The molecule has 156 valence electrons. The topological polar surface area (TPSA) is 108 Å². The van der Waals surface area contributed by atoms with Gasteiger partial charge in [-0.25, -0.2) is 9.18 Å². The Kier molecular flexibility index (Phi) is 6.14. The minimum atomic E-state index is -0.908. The molecule has 0 atom stereocenters. The molecule has 2 aliphatic rings. The fraction of sp³-hybridized carbons (Fsp3) is 0.500. The molecule has 1 aromatic carbocycles. The summed E-state index contributed by atoms with van der Waals surface area (Å²) < 4.78 is 12.9. The summed E-state index contributed by atoms with van der Waals surface area (Å²) in [5.74, 6) is -1.42. The van der Waals surface area contributed by atoms with Crippen LogP contribution in [0.1, 0.15) is 44.6 Å². The standard InChI is InChI=1S/C20H25FN4O4/c1-2-13-7-9-20(10-8-13)18(28)25(19(29)22-20)12-17(27)24-23-16(26)11-14-3-5-15(21)6-4-14/h3-6,13H,2,7-12H2,1H3,(H,22,29)(H,23,26)(H,24,27). The number of imide groups is 1. The molecule has 0 aromatic heterocycles. The van der Waals surface area contributed by atoms with Crippen LogP contribution in [0.3, 0.4) is 0 Å². The van der Waals surface area contributed by atoms with Crippen molar-refractivity contribution in [3.63, 3.8) is 0 Å². The second-order valence-corrected chi connectivity index (χ2v) is 7.65. The first-order valence-corrected chi connectivity index (χ1v) is 9.79. The van der Waals surface area contributed by atoms with E-state index in [9.17, 15) is 23.6 Å². The maximum atomic E-state index is 12.9. The summed E-state index contributed by atoms with van der Waals surface area (Å²) in [6.07, 6.45) is 3.86. The number of carbonyl (C=O) groups excluding carboxylic acids is 4. The minimum Gasteiger partial charge on any atom is -0.323 e. The molecule has 0 unspecified atom stereocenters. The lowest BCUT2D eigenvalue weighted by molar-refractivity contribution is -0.136. The number of hydrogen-bond donors (Lipinski definition) is 3. The number of nitrogens with one attached hydrogen (secondary N) is 3. The molecule has 8 nitrogen and oxygen atoms in total. The number of urea groups is 1. The minimum absolute atomic E-state index is 0.0502. The summed E-state index contributed by atoms with van der Waals surface area (Å²) in [7, 11) is 0. The van der Waals surface area contributed by atoms with Crippen LogP contribution in [-0.4, -0.2) is 40.7 Å². The summed E-state index contributed by atoms with van der Waals surface area (Å²) in [5, 5.41) is 2.76. The van der Waals surface area contributed by atoms with Crippen molar-refractivity contribution in [1.82, 2.24) is 21.1 Å². The molecule has 5 amide bonds. The van der Waals surface area contributed by atoms with Gasteiger partial charge in [-0.1, -0.05) is 25.5 Å². The SMILES string of the molecule is CCC1CCC2(CC1)NC(=O)N(CC(=O)NNC(=O)Cc1ccc(F)cc1)C2=O. The van der Waals surface area contributed by atoms with Gasteiger partial charge in [0.15, 0.2) is 0 Å². The first-order chi connectivity index (χ1) is 13.8. The number of amides is 5. The van der Waals surface area contributed by atoms with E-state index in [0.717, 1.165) is 24.2 Å². The zero-order chi connectivity index (χ0) is 21.0. The lowest BCUT2D eigenvalue weighted by Gasteiger charge is -2.34. The predicted octanol–water partition coefficient (Wildman–Crippen LogP) is 1.41. The predicted molar refractivity (Wildman–Crippen MR) is 102 cm³/mol. The van der Waals surface area contributed by atoms with Crippen molar-refractivity contribution >= 4 is 23.8 Å². The number of halogens is 1. The second kappa shape index (κ2) is 8.59. The van der Waals surface area contributed by atoms with Crippen molar-refractivity contribution in [2.75, 3.05) is 6.54 Å². The maximum absolute atomic E-state index is 12.9. The Balaban J connectivity index is 1.48. The van der Waals surface area contributed by atoms with Crippen molar-refractivity contribution in [2.45, 2.75) is 51.0 Å². The molecule has 1 aromatic rings. The zero-order valence-corrected chi connectivity index (χ0v) is 16.3. The average molecular weight is 404 g/mol. The van der Waals surface area contributed by atoms with E-state index in [0.29, 0.717) is 24.3 Å². The molecule has 0 radical (unpaired) electrons. The van der Waals surface area contributed by atoms with Crippen LogP contribution in [-0.2, 0) is 20.8 Å². The smallest absolute Gasteiger partial charge is 0.323 e. The second-order valence-electron chi connectivity index (χ2n) is 7.65. The zero-order valence-electron chi connectivity index (χ0n) is 16.3. The Morgan fingerprint density at radius 3 is 2.38 bits per heavy atom. The van der Waals surface area contributed by atoms with Crippen molar-refractivity contribution < 1.29 is 23.6 Å². The molecule has 9 heteroatoms. The summed E-state index contributed by atoms with van der Waals surface area (Å²) in [4.78, 5) is 49.9. The Morgan fingerprint density at radius 2 is 1.76 bits per heavy atom. The Labute approximate surface area is 168 Å². The van der Waals surface area contributed by atoms with Crippen LogP contribution in [0.25, 0.3) is 0 Å². The van der Waals surface area contributed by atoms with E-state index in [2.05, 4.69) is 23.1 Å². The molecule has 1 heterocycles. The van der Waals surface area contributed by atoms with Crippen molar-refractivity contribution in [1.29, 1.82) is 0 Å². The molecule has 29 heavy (non-hydrogen) atoms. The number of nitrogens with zero attached hydrogens (tertiary/aromatic N) is 1. The summed E-state index contributed by atoms with van der Waals surface area (Å²) in [6, 6.07) is 4.83. The van der Waals surface area contributed by atoms with Crippen LogP contribution >= 0.6 is 0 Å². The van der Waals surface area contributed by atoms with Crippen LogP contribution in [0.2, 0.25) is 0 Å². The first kappa shape index (κ1) is 20.8. The number of hydrogen-bond acceptors (Lipinski definition) is 4. The van der Waals surface area contributed by atoms with Gasteiger partial charge in [0, 0.05) is 0 Å². The summed E-state index contributed by atoms with van der Waals surface area (Å²) in [6.45, 7) is 1.64. The third kappa shape index (κ3) is 4.72. The Bertz CT molecular complexity index is 803. The van der Waals surface area contributed by atoms with E-state index in [1.54, 1.807) is 0 Å². The number of hydrazine groups is 1. The largest absolute Gasteiger partial charge is 0.325 e. The lowest BCUT2D eigenvalue weighted by atomic mass is 9.75. The summed E-state index contributed by atoms with van der Waals surface area (Å²) in [5.41, 5.74) is 4.11. The molecule has 1 aliphatic heterocycles. The highest BCUT2D eigenvalue weighted by Gasteiger charge is 2.52. The number of carbonyl (C=O) groups is 4. The van der Waals surface area contributed by atoms with Gasteiger partial charge in [-0.15, -0.1) is 0 Å². The van der Waals surface area contributed by atoms with Crippen molar-refractivity contribution in [3.8, 4) is 0 Å². The van der Waals surface area contributed by atoms with Gasteiger partial charge in [0.05, 0.1) is 6.42 Å². The Hall–Kier alpha value is -2.97. The highest BCUT2D eigenvalue weighted by atomic mass is 19.1. The van der Waals surface area contributed by atoms with Crippen LogP contribution in [0, 0.1) is 11.7 Å². The molecule has 1 saturated carbocycles. The normalized spacial score (nSPS) is 23.8. The fourth-order valence-electron chi connectivity index (χ4n) is 3.89. The number of benzene rings is 1. The van der Waals surface area contributed by atoms with Gasteiger partial charge in [0.1, 0.15) is 17.9 Å².